The molecule has 1 heterocycles. The van der Waals surface area contributed by atoms with Crippen molar-refractivity contribution in [1.82, 2.24) is 0 Å². The summed E-state index contributed by atoms with van der Waals surface area (Å²) in [4.78, 5) is 0. The van der Waals surface area contributed by atoms with Gasteiger partial charge < -0.3 is 9.29 Å². The average molecular weight is 189 g/mol. The van der Waals surface area contributed by atoms with Crippen molar-refractivity contribution < 1.29 is 9.29 Å². The molecule has 0 amide bonds. The topological polar surface area (TPSA) is 44.7 Å². The van der Waals surface area contributed by atoms with Crippen molar-refractivity contribution >= 4 is 17.1 Å². The number of ether oxygens (including phenoxy) is 1. The molecule has 0 bridgehead atoms. The van der Waals surface area contributed by atoms with Crippen molar-refractivity contribution in [3.05, 3.63) is 0 Å². The SMILES string of the molecule is CCC(C)[S+]([O-])N=C1CCOC1. The molecule has 3 nitrogen and oxygen atoms in total. The first kappa shape index (κ1) is 10.0. The van der Waals surface area contributed by atoms with Gasteiger partial charge in [0.2, 0.25) is 0 Å². The van der Waals surface area contributed by atoms with E-state index in [-0.39, 0.29) is 5.25 Å². The first-order chi connectivity index (χ1) is 5.74. The van der Waals surface area contributed by atoms with E-state index in [1.54, 1.807) is 0 Å². The maximum atomic E-state index is 11.4. The van der Waals surface area contributed by atoms with Gasteiger partial charge >= 0.3 is 0 Å². The van der Waals surface area contributed by atoms with Crippen LogP contribution in [-0.2, 0) is 16.1 Å². The van der Waals surface area contributed by atoms with E-state index >= 15 is 0 Å². The monoisotopic (exact) mass is 189 g/mol. The van der Waals surface area contributed by atoms with E-state index in [0.29, 0.717) is 6.61 Å². The summed E-state index contributed by atoms with van der Waals surface area (Å²) in [5.74, 6) is 0. The van der Waals surface area contributed by atoms with Crippen molar-refractivity contribution in [1.29, 1.82) is 0 Å². The zero-order valence-corrected chi connectivity index (χ0v) is 8.39. The van der Waals surface area contributed by atoms with Gasteiger partial charge in [-0.2, -0.15) is 0 Å². The van der Waals surface area contributed by atoms with Crippen LogP contribution in [0.15, 0.2) is 4.40 Å². The highest BCUT2D eigenvalue weighted by atomic mass is 32.2. The Balaban J connectivity index is 2.42. The normalized spacial score (nSPS) is 26.1. The van der Waals surface area contributed by atoms with E-state index in [2.05, 4.69) is 4.40 Å². The summed E-state index contributed by atoms with van der Waals surface area (Å²) in [5.41, 5.74) is 0.952. The van der Waals surface area contributed by atoms with Crippen molar-refractivity contribution in [2.75, 3.05) is 13.2 Å². The molecule has 1 saturated heterocycles. The molecule has 0 N–H and O–H groups in total. The minimum Gasteiger partial charge on any atom is -0.591 e. The minimum atomic E-state index is -1.05. The van der Waals surface area contributed by atoms with Gasteiger partial charge in [0.05, 0.1) is 30.3 Å². The smallest absolute Gasteiger partial charge is 0.140 e. The first-order valence-corrected chi connectivity index (χ1v) is 5.46. The summed E-state index contributed by atoms with van der Waals surface area (Å²) in [5, 5.41) is 0.165. The standard InChI is InChI=1S/C8H15NO2S/c1-3-7(2)12(10)9-8-4-5-11-6-8/h7H,3-6H2,1-2H3. The molecule has 1 rings (SSSR count). The van der Waals surface area contributed by atoms with Gasteiger partial charge in [0.15, 0.2) is 0 Å². The molecule has 1 aliphatic heterocycles. The van der Waals surface area contributed by atoms with Crippen LogP contribution in [-0.4, -0.2) is 28.7 Å². The largest absolute Gasteiger partial charge is 0.591 e. The van der Waals surface area contributed by atoms with Crippen LogP contribution in [0.4, 0.5) is 0 Å². The number of nitrogens with zero attached hydrogens (tertiary/aromatic N) is 1. The van der Waals surface area contributed by atoms with E-state index in [1.807, 2.05) is 13.8 Å². The van der Waals surface area contributed by atoms with Crippen LogP contribution in [0.1, 0.15) is 26.7 Å². The molecule has 2 atom stereocenters. The molecule has 1 fully saturated rings. The van der Waals surface area contributed by atoms with Gasteiger partial charge in [-0.1, -0.05) is 11.3 Å². The van der Waals surface area contributed by atoms with Crippen molar-refractivity contribution in [3.63, 3.8) is 0 Å². The van der Waals surface area contributed by atoms with E-state index in [0.717, 1.165) is 25.2 Å². The summed E-state index contributed by atoms with van der Waals surface area (Å²) in [6, 6.07) is 0. The Kier molecular flexibility index (Phi) is 4.05. The number of rotatable bonds is 3. The molecule has 1 aliphatic rings. The summed E-state index contributed by atoms with van der Waals surface area (Å²) < 4.78 is 20.6. The lowest BCUT2D eigenvalue weighted by Gasteiger charge is -2.09. The van der Waals surface area contributed by atoms with Crippen LogP contribution < -0.4 is 0 Å². The van der Waals surface area contributed by atoms with Crippen LogP contribution in [0, 0.1) is 0 Å². The predicted octanol–water partition coefficient (Wildman–Crippen LogP) is 1.31. The summed E-state index contributed by atoms with van der Waals surface area (Å²) >= 11 is -1.05. The highest BCUT2D eigenvalue weighted by Gasteiger charge is 2.18. The Morgan fingerprint density at radius 3 is 3.00 bits per heavy atom. The van der Waals surface area contributed by atoms with Crippen LogP contribution in [0.2, 0.25) is 0 Å². The Hall–Kier alpha value is -0.0600. The molecule has 0 aromatic heterocycles. The second kappa shape index (κ2) is 4.84. The molecule has 2 unspecified atom stereocenters. The lowest BCUT2D eigenvalue weighted by atomic mass is 10.3. The third-order valence-corrected chi connectivity index (χ3v) is 3.40. The molecule has 70 valence electrons. The molecular formula is C8H15NO2S. The predicted molar refractivity (Wildman–Crippen MR) is 50.8 cm³/mol. The van der Waals surface area contributed by atoms with E-state index in [4.69, 9.17) is 4.74 Å². The minimum absolute atomic E-state index is 0.165. The van der Waals surface area contributed by atoms with Gasteiger partial charge in [0.1, 0.15) is 5.25 Å². The van der Waals surface area contributed by atoms with Crippen molar-refractivity contribution in [2.45, 2.75) is 31.9 Å². The summed E-state index contributed by atoms with van der Waals surface area (Å²) in [6.07, 6.45) is 1.76. The van der Waals surface area contributed by atoms with Crippen molar-refractivity contribution in [2.24, 2.45) is 4.40 Å². The molecule has 0 aromatic rings. The Bertz CT molecular complexity index is 164. The summed E-state index contributed by atoms with van der Waals surface area (Å²) in [7, 11) is 0. The van der Waals surface area contributed by atoms with Gasteiger partial charge in [0.25, 0.3) is 0 Å². The van der Waals surface area contributed by atoms with E-state index < -0.39 is 11.4 Å². The van der Waals surface area contributed by atoms with Crippen LogP contribution in [0.25, 0.3) is 0 Å². The average Bonchev–Trinajstić information content (AvgIpc) is 2.55. The van der Waals surface area contributed by atoms with Crippen molar-refractivity contribution in [3.8, 4) is 0 Å². The summed E-state index contributed by atoms with van der Waals surface area (Å²) in [6.45, 7) is 5.28. The van der Waals surface area contributed by atoms with Gasteiger partial charge in [-0.05, 0) is 13.3 Å². The maximum absolute atomic E-state index is 11.4. The number of hydrogen-bond acceptors (Lipinski definition) is 3. The van der Waals surface area contributed by atoms with Gasteiger partial charge in [0, 0.05) is 6.42 Å². The molecule has 12 heavy (non-hydrogen) atoms. The van der Waals surface area contributed by atoms with Crippen LogP contribution in [0.5, 0.6) is 0 Å². The fraction of sp³-hybridized carbons (Fsp3) is 0.875. The zero-order chi connectivity index (χ0) is 8.97. The lowest BCUT2D eigenvalue weighted by Crippen LogP contribution is -2.16. The van der Waals surface area contributed by atoms with Crippen LogP contribution >= 0.6 is 0 Å². The molecule has 0 spiro atoms. The zero-order valence-electron chi connectivity index (χ0n) is 7.58. The maximum Gasteiger partial charge on any atom is 0.140 e. The van der Waals surface area contributed by atoms with E-state index in [9.17, 15) is 4.55 Å². The molecular weight excluding hydrogens is 174 g/mol. The molecule has 0 aliphatic carbocycles. The number of hydrogen-bond donors (Lipinski definition) is 0. The third kappa shape index (κ3) is 2.77. The molecule has 4 heteroatoms. The quantitative estimate of drug-likeness (QED) is 0.628. The first-order valence-electron chi connectivity index (χ1n) is 4.29. The highest BCUT2D eigenvalue weighted by Crippen LogP contribution is 2.10. The van der Waals surface area contributed by atoms with Gasteiger partial charge in [-0.15, -0.1) is 0 Å². The Morgan fingerprint density at radius 2 is 2.50 bits per heavy atom. The lowest BCUT2D eigenvalue weighted by molar-refractivity contribution is 0.209. The van der Waals surface area contributed by atoms with E-state index in [1.165, 1.54) is 0 Å². The Labute approximate surface area is 76.5 Å². The van der Waals surface area contributed by atoms with Gasteiger partial charge in [-0.25, -0.2) is 0 Å². The fourth-order valence-corrected chi connectivity index (χ4v) is 1.75. The van der Waals surface area contributed by atoms with Gasteiger partial charge in [-0.3, -0.25) is 0 Å². The second-order valence-corrected chi connectivity index (χ2v) is 4.49. The molecule has 0 aromatic carbocycles. The van der Waals surface area contributed by atoms with Crippen LogP contribution in [0.3, 0.4) is 0 Å². The second-order valence-electron chi connectivity index (χ2n) is 2.96. The molecule has 0 radical (unpaired) electrons. The highest BCUT2D eigenvalue weighted by molar-refractivity contribution is 7.90. The molecule has 0 saturated carbocycles. The third-order valence-electron chi connectivity index (χ3n) is 1.94. The fourth-order valence-electron chi connectivity index (χ4n) is 0.884. The Morgan fingerprint density at radius 1 is 1.75 bits per heavy atom.